The maximum atomic E-state index is 12.2. The summed E-state index contributed by atoms with van der Waals surface area (Å²) in [5.74, 6) is -1.70. The topological polar surface area (TPSA) is 59.3 Å². The molecule has 19 heavy (non-hydrogen) atoms. The molecule has 0 saturated heterocycles. The third-order valence-corrected chi connectivity index (χ3v) is 2.18. The number of carbonyl (C=O) groups excluding carboxylic acids is 1. The summed E-state index contributed by atoms with van der Waals surface area (Å²) in [6.45, 7) is 1.55. The zero-order chi connectivity index (χ0) is 14.6. The largest absolute Gasteiger partial charge is 0.573 e. The number of thiol groups is 1. The van der Waals surface area contributed by atoms with Crippen LogP contribution in [-0.4, -0.2) is 18.9 Å². The van der Waals surface area contributed by atoms with Crippen molar-refractivity contribution in [3.8, 4) is 11.8 Å². The molecule has 4 nitrogen and oxygen atoms in total. The van der Waals surface area contributed by atoms with Gasteiger partial charge in [-0.05, 0) is 19.1 Å². The predicted octanol–water partition coefficient (Wildman–Crippen LogP) is 2.92. The molecule has 0 N–H and O–H groups in total. The van der Waals surface area contributed by atoms with Gasteiger partial charge in [-0.2, -0.15) is 5.26 Å². The van der Waals surface area contributed by atoms with Crippen LogP contribution in [0.4, 0.5) is 13.2 Å². The number of carbonyl (C=O) groups is 1. The van der Waals surface area contributed by atoms with Gasteiger partial charge in [0.1, 0.15) is 17.4 Å². The van der Waals surface area contributed by atoms with E-state index in [1.807, 2.05) is 0 Å². The Morgan fingerprint density at radius 2 is 2.11 bits per heavy atom. The molecule has 0 unspecified atom stereocenters. The van der Waals surface area contributed by atoms with E-state index in [-0.39, 0.29) is 17.1 Å². The highest BCUT2D eigenvalue weighted by Crippen LogP contribution is 2.31. The summed E-state index contributed by atoms with van der Waals surface area (Å²) < 4.78 is 44.9. The van der Waals surface area contributed by atoms with Crippen LogP contribution in [0.3, 0.4) is 0 Å². The minimum Gasteiger partial charge on any atom is -0.462 e. The third kappa shape index (κ3) is 4.06. The van der Waals surface area contributed by atoms with E-state index in [0.717, 1.165) is 12.1 Å². The second-order valence-electron chi connectivity index (χ2n) is 3.25. The van der Waals surface area contributed by atoms with E-state index in [1.54, 1.807) is 0 Å². The average molecular weight is 291 g/mol. The van der Waals surface area contributed by atoms with Crippen molar-refractivity contribution in [2.24, 2.45) is 0 Å². The minimum atomic E-state index is -4.97. The van der Waals surface area contributed by atoms with Gasteiger partial charge in [-0.15, -0.1) is 25.8 Å². The van der Waals surface area contributed by atoms with Gasteiger partial charge >= 0.3 is 12.3 Å². The highest BCUT2D eigenvalue weighted by molar-refractivity contribution is 7.80. The Balaban J connectivity index is 3.34. The van der Waals surface area contributed by atoms with Crippen molar-refractivity contribution in [3.05, 3.63) is 23.3 Å². The molecule has 0 aromatic heterocycles. The van der Waals surface area contributed by atoms with Crippen molar-refractivity contribution in [2.45, 2.75) is 18.2 Å². The fourth-order valence-electron chi connectivity index (χ4n) is 1.29. The second-order valence-corrected chi connectivity index (χ2v) is 3.76. The monoisotopic (exact) mass is 291 g/mol. The Hall–Kier alpha value is -1.88. The molecule has 0 spiro atoms. The first-order valence-corrected chi connectivity index (χ1v) is 5.43. The molecule has 102 valence electrons. The maximum Gasteiger partial charge on any atom is 0.573 e. The third-order valence-electron chi connectivity index (χ3n) is 1.92. The van der Waals surface area contributed by atoms with Gasteiger partial charge in [0, 0.05) is 4.90 Å². The number of rotatable bonds is 3. The van der Waals surface area contributed by atoms with E-state index in [0.29, 0.717) is 0 Å². The van der Waals surface area contributed by atoms with Crippen LogP contribution >= 0.6 is 12.6 Å². The summed E-state index contributed by atoms with van der Waals surface area (Å²) in [4.78, 5) is 11.6. The van der Waals surface area contributed by atoms with Crippen LogP contribution in [0.15, 0.2) is 17.0 Å². The van der Waals surface area contributed by atoms with Gasteiger partial charge < -0.3 is 9.47 Å². The standard InChI is InChI=1S/C11H8F3NO3S/c1-2-17-10(16)7-3-6(19)4-9(8(7)5-15)18-11(12,13)14/h3-4,19H,2H2,1H3. The number of benzene rings is 1. The molecular formula is C11H8F3NO3S. The number of hydrogen-bond acceptors (Lipinski definition) is 5. The van der Waals surface area contributed by atoms with E-state index in [9.17, 15) is 18.0 Å². The smallest absolute Gasteiger partial charge is 0.462 e. The van der Waals surface area contributed by atoms with Crippen molar-refractivity contribution in [3.63, 3.8) is 0 Å². The molecule has 1 aromatic carbocycles. The van der Waals surface area contributed by atoms with Crippen LogP contribution in [0.5, 0.6) is 5.75 Å². The van der Waals surface area contributed by atoms with E-state index < -0.39 is 23.6 Å². The highest BCUT2D eigenvalue weighted by Gasteiger charge is 2.33. The van der Waals surface area contributed by atoms with E-state index in [2.05, 4.69) is 22.1 Å². The first-order valence-electron chi connectivity index (χ1n) is 4.98. The van der Waals surface area contributed by atoms with E-state index >= 15 is 0 Å². The lowest BCUT2D eigenvalue weighted by atomic mass is 10.1. The fourth-order valence-corrected chi connectivity index (χ4v) is 1.54. The molecular weight excluding hydrogens is 283 g/mol. The van der Waals surface area contributed by atoms with Gasteiger partial charge in [0.25, 0.3) is 0 Å². The van der Waals surface area contributed by atoms with Crippen LogP contribution in [0.1, 0.15) is 22.8 Å². The summed E-state index contributed by atoms with van der Waals surface area (Å²) in [6.07, 6.45) is -4.97. The molecule has 0 atom stereocenters. The molecule has 0 heterocycles. The molecule has 0 bridgehead atoms. The Labute approximate surface area is 112 Å². The van der Waals surface area contributed by atoms with Gasteiger partial charge in [0.15, 0.2) is 0 Å². The van der Waals surface area contributed by atoms with Crippen molar-refractivity contribution in [1.29, 1.82) is 5.26 Å². The molecule has 1 rings (SSSR count). The fraction of sp³-hybridized carbons (Fsp3) is 0.273. The summed E-state index contributed by atoms with van der Waals surface area (Å²) >= 11 is 3.86. The van der Waals surface area contributed by atoms with Crippen molar-refractivity contribution < 1.29 is 27.4 Å². The maximum absolute atomic E-state index is 12.2. The quantitative estimate of drug-likeness (QED) is 0.687. The van der Waals surface area contributed by atoms with Crippen LogP contribution in [0.2, 0.25) is 0 Å². The molecule has 0 saturated carbocycles. The Bertz CT molecular complexity index is 537. The zero-order valence-electron chi connectivity index (χ0n) is 9.61. The van der Waals surface area contributed by atoms with Crippen LogP contribution in [0.25, 0.3) is 0 Å². The first-order chi connectivity index (χ1) is 8.78. The van der Waals surface area contributed by atoms with Crippen LogP contribution in [0, 0.1) is 11.3 Å². The Morgan fingerprint density at radius 1 is 1.47 bits per heavy atom. The molecule has 0 aliphatic carbocycles. The number of alkyl halides is 3. The SMILES string of the molecule is CCOC(=O)c1cc(S)cc(OC(F)(F)F)c1C#N. The second kappa shape index (κ2) is 5.84. The Morgan fingerprint density at radius 3 is 2.58 bits per heavy atom. The predicted molar refractivity (Wildman–Crippen MR) is 61.0 cm³/mol. The average Bonchev–Trinajstić information content (AvgIpc) is 2.26. The lowest BCUT2D eigenvalue weighted by Crippen LogP contribution is -2.19. The molecule has 1 aromatic rings. The van der Waals surface area contributed by atoms with Gasteiger partial charge in [0.05, 0.1) is 12.2 Å². The Kier molecular flexibility index (Phi) is 4.67. The van der Waals surface area contributed by atoms with Gasteiger partial charge in [-0.1, -0.05) is 0 Å². The van der Waals surface area contributed by atoms with Crippen LogP contribution < -0.4 is 4.74 Å². The van der Waals surface area contributed by atoms with E-state index in [1.165, 1.54) is 13.0 Å². The molecule has 8 heteroatoms. The highest BCUT2D eigenvalue weighted by atomic mass is 32.1. The molecule has 0 radical (unpaired) electrons. The van der Waals surface area contributed by atoms with E-state index in [4.69, 9.17) is 5.26 Å². The van der Waals surface area contributed by atoms with Crippen molar-refractivity contribution in [1.82, 2.24) is 0 Å². The van der Waals surface area contributed by atoms with Gasteiger partial charge in [-0.3, -0.25) is 0 Å². The number of hydrogen-bond donors (Lipinski definition) is 1. The van der Waals surface area contributed by atoms with Gasteiger partial charge in [0.2, 0.25) is 0 Å². The number of nitrogens with zero attached hydrogens (tertiary/aromatic N) is 1. The lowest BCUT2D eigenvalue weighted by molar-refractivity contribution is -0.274. The first kappa shape index (κ1) is 15.2. The summed E-state index contributed by atoms with van der Waals surface area (Å²) in [7, 11) is 0. The number of ether oxygens (including phenoxy) is 2. The normalized spacial score (nSPS) is 10.7. The summed E-state index contributed by atoms with van der Waals surface area (Å²) in [6, 6.07) is 3.54. The molecule has 0 fully saturated rings. The van der Waals surface area contributed by atoms with Crippen LogP contribution in [-0.2, 0) is 4.74 Å². The van der Waals surface area contributed by atoms with Gasteiger partial charge in [-0.25, -0.2) is 4.79 Å². The number of halogens is 3. The zero-order valence-corrected chi connectivity index (χ0v) is 10.5. The molecule has 0 amide bonds. The number of nitriles is 1. The summed E-state index contributed by atoms with van der Waals surface area (Å²) in [5.41, 5.74) is -0.871. The number of esters is 1. The molecule has 0 aliphatic heterocycles. The lowest BCUT2D eigenvalue weighted by Gasteiger charge is -2.13. The minimum absolute atomic E-state index is 0.0238. The summed E-state index contributed by atoms with van der Waals surface area (Å²) in [5, 5.41) is 8.87. The van der Waals surface area contributed by atoms with Crippen molar-refractivity contribution >= 4 is 18.6 Å². The molecule has 0 aliphatic rings. The van der Waals surface area contributed by atoms with Crippen molar-refractivity contribution in [2.75, 3.05) is 6.61 Å².